The third-order valence-corrected chi connectivity index (χ3v) is 4.07. The van der Waals surface area contributed by atoms with Gasteiger partial charge >= 0.3 is 0 Å². The number of nitrogens with one attached hydrogen (secondary N) is 1. The van der Waals surface area contributed by atoms with Crippen LogP contribution < -0.4 is 14.8 Å². The summed E-state index contributed by atoms with van der Waals surface area (Å²) in [6, 6.07) is 2.83. The fourth-order valence-electron chi connectivity index (χ4n) is 2.65. The van der Waals surface area contributed by atoms with Crippen molar-refractivity contribution >= 4 is 11.6 Å². The molecule has 2 unspecified atom stereocenters. The second-order valence-corrected chi connectivity index (χ2v) is 5.85. The van der Waals surface area contributed by atoms with E-state index in [0.717, 1.165) is 19.5 Å². The molecule has 1 aromatic rings. The molecule has 2 rings (SSSR count). The Balaban J connectivity index is 2.26. The van der Waals surface area contributed by atoms with Crippen molar-refractivity contribution < 1.29 is 13.9 Å². The Bertz CT molecular complexity index is 461. The molecule has 1 aromatic carbocycles. The maximum absolute atomic E-state index is 14.0. The minimum Gasteiger partial charge on any atom is -0.495 e. The first kappa shape index (κ1) is 15.4. The van der Waals surface area contributed by atoms with Gasteiger partial charge in [-0.2, -0.15) is 0 Å². The molecule has 0 amide bonds. The molecule has 1 aliphatic rings. The highest BCUT2D eigenvalue weighted by Gasteiger charge is 2.30. The van der Waals surface area contributed by atoms with Crippen LogP contribution in [-0.4, -0.2) is 26.3 Å². The molecule has 1 N–H and O–H groups in total. The van der Waals surface area contributed by atoms with Crippen LogP contribution in [0.15, 0.2) is 12.1 Å². The summed E-state index contributed by atoms with van der Waals surface area (Å²) in [6.07, 6.45) is 0.968. The van der Waals surface area contributed by atoms with Gasteiger partial charge in [-0.25, -0.2) is 4.39 Å². The molecule has 20 heavy (non-hydrogen) atoms. The molecule has 1 heterocycles. The molecule has 1 fully saturated rings. The minimum atomic E-state index is -0.451. The van der Waals surface area contributed by atoms with Gasteiger partial charge in [0.05, 0.1) is 7.11 Å². The number of ether oxygens (including phenoxy) is 2. The Kier molecular flexibility index (Phi) is 5.11. The fourth-order valence-corrected chi connectivity index (χ4v) is 2.93. The summed E-state index contributed by atoms with van der Waals surface area (Å²) in [5, 5.41) is 3.51. The topological polar surface area (TPSA) is 30.5 Å². The lowest BCUT2D eigenvalue weighted by atomic mass is 9.92. The monoisotopic (exact) mass is 301 g/mol. The average Bonchev–Trinajstić information content (AvgIpc) is 2.92. The number of halogens is 2. The highest BCUT2D eigenvalue weighted by atomic mass is 35.5. The summed E-state index contributed by atoms with van der Waals surface area (Å²) in [4.78, 5) is 0. The van der Waals surface area contributed by atoms with Crippen molar-refractivity contribution in [1.29, 1.82) is 0 Å². The first-order valence-electron chi connectivity index (χ1n) is 6.94. The molecule has 5 heteroatoms. The normalized spacial score (nSPS) is 20.2. The molecule has 0 saturated carbocycles. The Morgan fingerprint density at radius 3 is 2.70 bits per heavy atom. The third kappa shape index (κ3) is 3.18. The van der Waals surface area contributed by atoms with Crippen molar-refractivity contribution in [2.45, 2.75) is 26.4 Å². The second-order valence-electron chi connectivity index (χ2n) is 5.47. The van der Waals surface area contributed by atoms with Gasteiger partial charge in [0.15, 0.2) is 11.6 Å². The summed E-state index contributed by atoms with van der Waals surface area (Å²) >= 11 is 6.16. The van der Waals surface area contributed by atoms with Crippen LogP contribution in [0.25, 0.3) is 0 Å². The highest BCUT2D eigenvalue weighted by Crippen LogP contribution is 2.38. The zero-order chi connectivity index (χ0) is 14.7. The molecule has 112 valence electrons. The lowest BCUT2D eigenvalue weighted by Gasteiger charge is -2.28. The SMILES string of the molecule is COc1ccc(F)c(OC(C(C)C)C2CCNC2)c1Cl. The summed E-state index contributed by atoms with van der Waals surface area (Å²) in [5.41, 5.74) is 0. The minimum absolute atomic E-state index is 0.0656. The predicted molar refractivity (Wildman–Crippen MR) is 78.2 cm³/mol. The Labute approximate surface area is 124 Å². The summed E-state index contributed by atoms with van der Waals surface area (Å²) in [5.74, 6) is 0.720. The first-order valence-corrected chi connectivity index (χ1v) is 7.31. The van der Waals surface area contributed by atoms with Crippen molar-refractivity contribution in [1.82, 2.24) is 5.32 Å². The van der Waals surface area contributed by atoms with E-state index < -0.39 is 5.82 Å². The number of hydrogen-bond acceptors (Lipinski definition) is 3. The van der Waals surface area contributed by atoms with Gasteiger partial charge in [0.2, 0.25) is 0 Å². The molecule has 3 nitrogen and oxygen atoms in total. The molecule has 2 atom stereocenters. The molecule has 0 aliphatic carbocycles. The van der Waals surface area contributed by atoms with Gasteiger partial charge in [-0.3, -0.25) is 0 Å². The van der Waals surface area contributed by atoms with Crippen LogP contribution in [0.5, 0.6) is 11.5 Å². The molecule has 0 bridgehead atoms. The van der Waals surface area contributed by atoms with Crippen molar-refractivity contribution in [3.05, 3.63) is 23.0 Å². The molecule has 1 aliphatic heterocycles. The van der Waals surface area contributed by atoms with Crippen molar-refractivity contribution in [2.75, 3.05) is 20.2 Å². The van der Waals surface area contributed by atoms with Crippen LogP contribution in [0.3, 0.4) is 0 Å². The molecular formula is C15H21ClFNO2. The van der Waals surface area contributed by atoms with Gasteiger partial charge in [-0.15, -0.1) is 0 Å². The smallest absolute Gasteiger partial charge is 0.177 e. The van der Waals surface area contributed by atoms with Crippen LogP contribution in [-0.2, 0) is 0 Å². The largest absolute Gasteiger partial charge is 0.495 e. The van der Waals surface area contributed by atoms with Gasteiger partial charge in [-0.05, 0) is 31.0 Å². The number of methoxy groups -OCH3 is 1. The van der Waals surface area contributed by atoms with Gasteiger partial charge in [-0.1, -0.05) is 25.4 Å². The van der Waals surface area contributed by atoms with Gasteiger partial charge in [0.1, 0.15) is 16.9 Å². The maximum Gasteiger partial charge on any atom is 0.177 e. The quantitative estimate of drug-likeness (QED) is 0.903. The highest BCUT2D eigenvalue weighted by molar-refractivity contribution is 6.33. The zero-order valence-corrected chi connectivity index (χ0v) is 12.8. The molecule has 0 aromatic heterocycles. The summed E-state index contributed by atoms with van der Waals surface area (Å²) in [6.45, 7) is 6.03. The Morgan fingerprint density at radius 1 is 1.40 bits per heavy atom. The van der Waals surface area contributed by atoms with Crippen LogP contribution in [0, 0.1) is 17.7 Å². The maximum atomic E-state index is 14.0. The number of hydrogen-bond donors (Lipinski definition) is 1. The molecular weight excluding hydrogens is 281 g/mol. The third-order valence-electron chi connectivity index (χ3n) is 3.71. The van der Waals surface area contributed by atoms with Gasteiger partial charge < -0.3 is 14.8 Å². The van der Waals surface area contributed by atoms with Crippen molar-refractivity contribution in [2.24, 2.45) is 11.8 Å². The van der Waals surface area contributed by atoms with E-state index in [-0.39, 0.29) is 22.8 Å². The summed E-state index contributed by atoms with van der Waals surface area (Å²) < 4.78 is 25.1. The Morgan fingerprint density at radius 2 is 2.15 bits per heavy atom. The van der Waals surface area contributed by atoms with Crippen LogP contribution in [0.2, 0.25) is 5.02 Å². The van der Waals surface area contributed by atoms with E-state index in [9.17, 15) is 4.39 Å². The van der Waals surface area contributed by atoms with Gasteiger partial charge in [0, 0.05) is 12.5 Å². The van der Waals surface area contributed by atoms with Crippen molar-refractivity contribution in [3.63, 3.8) is 0 Å². The lowest BCUT2D eigenvalue weighted by Crippen LogP contribution is -2.34. The summed E-state index contributed by atoms with van der Waals surface area (Å²) in [7, 11) is 1.50. The molecule has 0 spiro atoms. The van der Waals surface area contributed by atoms with E-state index in [4.69, 9.17) is 21.1 Å². The average molecular weight is 302 g/mol. The fraction of sp³-hybridized carbons (Fsp3) is 0.600. The van der Waals surface area contributed by atoms with Crippen LogP contribution >= 0.6 is 11.6 Å². The van der Waals surface area contributed by atoms with E-state index >= 15 is 0 Å². The molecule has 0 radical (unpaired) electrons. The molecule has 1 saturated heterocycles. The Hall–Kier alpha value is -1.00. The van der Waals surface area contributed by atoms with E-state index in [1.54, 1.807) is 0 Å². The number of benzene rings is 1. The van der Waals surface area contributed by atoms with E-state index in [1.807, 2.05) is 0 Å². The van der Waals surface area contributed by atoms with Gasteiger partial charge in [0.25, 0.3) is 0 Å². The standard InChI is InChI=1S/C15H21ClFNO2/c1-9(2)14(10-6-7-18-8-10)20-15-11(17)4-5-12(19-3)13(15)16/h4-5,9-10,14,18H,6-8H2,1-3H3. The van der Waals surface area contributed by atoms with E-state index in [1.165, 1.54) is 19.2 Å². The lowest BCUT2D eigenvalue weighted by molar-refractivity contribution is 0.0925. The van der Waals surface area contributed by atoms with E-state index in [2.05, 4.69) is 19.2 Å². The first-order chi connectivity index (χ1) is 9.54. The van der Waals surface area contributed by atoms with Crippen molar-refractivity contribution in [3.8, 4) is 11.5 Å². The zero-order valence-electron chi connectivity index (χ0n) is 12.1. The van der Waals surface area contributed by atoms with E-state index in [0.29, 0.717) is 11.7 Å². The predicted octanol–water partition coefficient (Wildman–Crippen LogP) is 3.50. The van der Waals surface area contributed by atoms with Crippen LogP contribution in [0.4, 0.5) is 4.39 Å². The number of rotatable bonds is 5. The second kappa shape index (κ2) is 6.64. The van der Waals surface area contributed by atoms with Crippen LogP contribution in [0.1, 0.15) is 20.3 Å².